The first-order valence-corrected chi connectivity index (χ1v) is 20.8. The number of Topliss-reactive ketones (excluding diaryl/α,β-unsaturated/α-hetero) is 1. The van der Waals surface area contributed by atoms with Gasteiger partial charge in [-0.25, -0.2) is 0 Å². The molecule has 3 aliphatic heterocycles. The third-order valence-electron chi connectivity index (χ3n) is 13.9. The van der Waals surface area contributed by atoms with Gasteiger partial charge in [0.1, 0.15) is 17.5 Å². The summed E-state index contributed by atoms with van der Waals surface area (Å²) in [6.07, 6.45) is -2.75. The summed E-state index contributed by atoms with van der Waals surface area (Å²) in [5.41, 5.74) is -1.89. The van der Waals surface area contributed by atoms with Crippen molar-refractivity contribution in [2.45, 2.75) is 184 Å². The molecule has 0 aromatic heterocycles. The van der Waals surface area contributed by atoms with Gasteiger partial charge in [-0.2, -0.15) is 0 Å². The molecule has 3 aliphatic rings. The minimum atomic E-state index is -1.95. The third kappa shape index (κ3) is 9.79. The van der Waals surface area contributed by atoms with Gasteiger partial charge in [0.15, 0.2) is 12.6 Å². The molecule has 2 N–H and O–H groups in total. The second kappa shape index (κ2) is 17.7. The topological polar surface area (TPSA) is 121 Å². The zero-order valence-corrected chi connectivity index (χ0v) is 35.8. The van der Waals surface area contributed by atoms with Crippen molar-refractivity contribution in [3.05, 3.63) is 35.9 Å². The van der Waals surface area contributed by atoms with E-state index in [1.54, 1.807) is 6.92 Å². The molecule has 2 unspecified atom stereocenters. The highest BCUT2D eigenvalue weighted by atomic mass is 16.7. The van der Waals surface area contributed by atoms with Crippen molar-refractivity contribution >= 4 is 11.8 Å². The van der Waals surface area contributed by atoms with Crippen LogP contribution in [0.4, 0.5) is 0 Å². The van der Waals surface area contributed by atoms with Crippen LogP contribution in [0.25, 0.3) is 0 Å². The molecule has 9 nitrogen and oxygen atoms in total. The molecule has 0 radical (unpaired) electrons. The number of ether oxygens (including phenoxy) is 5. The third-order valence-corrected chi connectivity index (χ3v) is 13.9. The van der Waals surface area contributed by atoms with E-state index in [2.05, 4.69) is 69.2 Å². The molecule has 1 aromatic carbocycles. The molecule has 54 heavy (non-hydrogen) atoms. The van der Waals surface area contributed by atoms with Crippen LogP contribution in [0.2, 0.25) is 0 Å². The average Bonchev–Trinajstić information content (AvgIpc) is 3.10. The number of hydrogen-bond acceptors (Lipinski definition) is 9. The van der Waals surface area contributed by atoms with Crippen LogP contribution in [0, 0.1) is 52.3 Å². The van der Waals surface area contributed by atoms with Crippen molar-refractivity contribution < 1.29 is 43.5 Å². The Morgan fingerprint density at radius 2 is 1.44 bits per heavy atom. The maximum atomic E-state index is 14.6. The number of benzene rings is 1. The molecule has 16 atom stereocenters. The fourth-order valence-corrected chi connectivity index (χ4v) is 9.81. The van der Waals surface area contributed by atoms with Crippen LogP contribution in [0.5, 0.6) is 0 Å². The summed E-state index contributed by atoms with van der Waals surface area (Å²) in [5.74, 6) is -2.56. The number of esters is 1. The Labute approximate surface area is 326 Å². The van der Waals surface area contributed by atoms with Gasteiger partial charge >= 0.3 is 5.97 Å². The van der Waals surface area contributed by atoms with E-state index < -0.39 is 71.7 Å². The summed E-state index contributed by atoms with van der Waals surface area (Å²) in [7, 11) is 0. The molecule has 308 valence electrons. The van der Waals surface area contributed by atoms with E-state index in [4.69, 9.17) is 23.7 Å². The quantitative estimate of drug-likeness (QED) is 0.266. The minimum Gasteiger partial charge on any atom is -0.459 e. The first-order chi connectivity index (χ1) is 25.0. The van der Waals surface area contributed by atoms with E-state index in [9.17, 15) is 19.8 Å². The molecule has 9 heteroatoms. The Balaban J connectivity index is 1.84. The van der Waals surface area contributed by atoms with Crippen molar-refractivity contribution in [1.82, 2.24) is 0 Å². The predicted molar refractivity (Wildman–Crippen MR) is 210 cm³/mol. The Hall–Kier alpha value is -1.88. The molecule has 3 heterocycles. The molecule has 0 saturated carbocycles. The number of aliphatic hydroxyl groups is 2. The Morgan fingerprint density at radius 1 is 0.815 bits per heavy atom. The molecule has 4 rings (SSSR count). The number of hydrogen-bond donors (Lipinski definition) is 2. The van der Waals surface area contributed by atoms with E-state index in [-0.39, 0.29) is 48.1 Å². The second-order valence-corrected chi connectivity index (χ2v) is 19.2. The van der Waals surface area contributed by atoms with E-state index in [1.807, 2.05) is 51.1 Å². The lowest BCUT2D eigenvalue weighted by molar-refractivity contribution is -0.293. The van der Waals surface area contributed by atoms with Gasteiger partial charge in [-0.15, -0.1) is 0 Å². The fraction of sp³-hybridized carbons (Fsp3) is 0.822. The molecular weight excluding hydrogens is 684 g/mol. The van der Waals surface area contributed by atoms with Gasteiger partial charge in [0.2, 0.25) is 0 Å². The summed E-state index contributed by atoms with van der Waals surface area (Å²) in [5, 5.41) is 24.6. The lowest BCUT2D eigenvalue weighted by Gasteiger charge is -2.49. The first kappa shape index (κ1) is 44.8. The van der Waals surface area contributed by atoms with E-state index in [0.717, 1.165) is 12.0 Å². The van der Waals surface area contributed by atoms with Crippen molar-refractivity contribution in [3.63, 3.8) is 0 Å². The zero-order chi connectivity index (χ0) is 40.5. The Kier molecular flexibility index (Phi) is 14.7. The van der Waals surface area contributed by atoms with Crippen LogP contribution < -0.4 is 0 Å². The first-order valence-electron chi connectivity index (χ1n) is 20.8. The summed E-state index contributed by atoms with van der Waals surface area (Å²) in [6.45, 7) is 28.7. The molecule has 0 amide bonds. The average molecular weight is 759 g/mol. The number of aliphatic hydroxyl groups excluding tert-OH is 1. The van der Waals surface area contributed by atoms with E-state index in [0.29, 0.717) is 24.7 Å². The van der Waals surface area contributed by atoms with Crippen LogP contribution in [-0.2, 0) is 39.7 Å². The maximum Gasteiger partial charge on any atom is 0.311 e. The van der Waals surface area contributed by atoms with Gasteiger partial charge in [-0.05, 0) is 68.3 Å². The maximum absolute atomic E-state index is 14.6. The highest BCUT2D eigenvalue weighted by Gasteiger charge is 2.53. The summed E-state index contributed by atoms with van der Waals surface area (Å²) < 4.78 is 33.4. The molecule has 3 fully saturated rings. The number of carbonyl (C=O) groups is 2. The predicted octanol–water partition coefficient (Wildman–Crippen LogP) is 8.16. The van der Waals surface area contributed by atoms with Crippen molar-refractivity contribution in [3.8, 4) is 0 Å². The van der Waals surface area contributed by atoms with Crippen LogP contribution in [0.15, 0.2) is 30.3 Å². The normalized spacial score (nSPS) is 43.9. The monoisotopic (exact) mass is 759 g/mol. The van der Waals surface area contributed by atoms with Crippen molar-refractivity contribution in [2.75, 3.05) is 0 Å². The molecule has 3 saturated heterocycles. The Morgan fingerprint density at radius 3 is 2.04 bits per heavy atom. The van der Waals surface area contributed by atoms with Crippen LogP contribution >= 0.6 is 0 Å². The van der Waals surface area contributed by atoms with E-state index in [1.165, 1.54) is 0 Å². The molecular formula is C45H74O9. The standard InChI is InChI=1S/C45H74O9/c1-15-35-45(49,23-34-19-17-16-18-20-34)39(47)29(6)37(46)26(3)22-44(13,14)40(54-42-28(5)25(2)21-27(4)50-42)30(7)38(31(8)41(48)52-35)53-36-24-43(11,12)32(9)33(10)51-36/h16-20,25-33,35-36,38-40,42,47,49H,15,21-24H2,1-14H3/t25-,26+,27+,28+,29-,30-,31+,32-,33-,35+,36?,38-,39+,40+,42?,45+/m0/s1. The number of ketones is 1. The van der Waals surface area contributed by atoms with Gasteiger partial charge in [0.25, 0.3) is 0 Å². The number of carbonyl (C=O) groups excluding carboxylic acids is 2. The van der Waals surface area contributed by atoms with Gasteiger partial charge < -0.3 is 33.9 Å². The van der Waals surface area contributed by atoms with Crippen molar-refractivity contribution in [2.24, 2.45) is 52.3 Å². The molecule has 0 spiro atoms. The fourth-order valence-electron chi connectivity index (χ4n) is 9.81. The highest BCUT2D eigenvalue weighted by molar-refractivity contribution is 5.83. The molecule has 0 bridgehead atoms. The van der Waals surface area contributed by atoms with Crippen molar-refractivity contribution in [1.29, 1.82) is 0 Å². The van der Waals surface area contributed by atoms with Gasteiger partial charge in [-0.3, -0.25) is 9.59 Å². The summed E-state index contributed by atoms with van der Waals surface area (Å²) in [6, 6.07) is 9.33. The van der Waals surface area contributed by atoms with Crippen LogP contribution in [0.1, 0.15) is 128 Å². The van der Waals surface area contributed by atoms with Crippen LogP contribution in [0.3, 0.4) is 0 Å². The largest absolute Gasteiger partial charge is 0.459 e. The smallest absolute Gasteiger partial charge is 0.311 e. The number of rotatable bonds is 7. The SMILES string of the molecule is CC[C@H]1OC(=O)[C@H](C)[C@@H](OC2CC(C)(C)[C@@H](C)[C@H](C)O2)[C@H](C)[C@@H](OC2O[C@H](C)C[C@H](C)[C@H]2C)C(C)(C)C[C@@H](C)C(=O)[C@H](C)[C@@H](O)[C@@]1(O)Cc1ccccc1. The molecule has 0 aliphatic carbocycles. The van der Waals surface area contributed by atoms with Gasteiger partial charge in [-0.1, -0.05) is 106 Å². The van der Waals surface area contributed by atoms with Gasteiger partial charge in [0.05, 0.1) is 36.4 Å². The Bertz CT molecular complexity index is 1380. The zero-order valence-electron chi connectivity index (χ0n) is 35.8. The number of cyclic esters (lactones) is 1. The lowest BCUT2D eigenvalue weighted by Crippen LogP contribution is -2.60. The van der Waals surface area contributed by atoms with E-state index >= 15 is 0 Å². The summed E-state index contributed by atoms with van der Waals surface area (Å²) >= 11 is 0. The highest BCUT2D eigenvalue weighted by Crippen LogP contribution is 2.46. The minimum absolute atomic E-state index is 0.00357. The van der Waals surface area contributed by atoms with Gasteiger partial charge in [0, 0.05) is 36.5 Å². The summed E-state index contributed by atoms with van der Waals surface area (Å²) in [4.78, 5) is 28.9. The molecule has 1 aromatic rings. The lowest BCUT2D eigenvalue weighted by atomic mass is 9.68. The van der Waals surface area contributed by atoms with Crippen LogP contribution in [-0.4, -0.2) is 76.8 Å². The second-order valence-electron chi connectivity index (χ2n) is 19.2.